The fourth-order valence-electron chi connectivity index (χ4n) is 3.11. The van der Waals surface area contributed by atoms with E-state index in [-0.39, 0.29) is 23.1 Å². The maximum atomic E-state index is 13.3. The van der Waals surface area contributed by atoms with Crippen molar-refractivity contribution < 1.29 is 32.4 Å². The van der Waals surface area contributed by atoms with E-state index in [1.54, 1.807) is 17.5 Å². The topological polar surface area (TPSA) is 57.3 Å². The van der Waals surface area contributed by atoms with Gasteiger partial charge in [-0.1, -0.05) is 6.07 Å². The van der Waals surface area contributed by atoms with Crippen LogP contribution in [0.2, 0.25) is 0 Å². The molecule has 0 aliphatic carbocycles. The molecular weight excluding hydrogens is 441 g/mol. The van der Waals surface area contributed by atoms with E-state index in [4.69, 9.17) is 0 Å². The van der Waals surface area contributed by atoms with Crippen molar-refractivity contribution in [3.8, 4) is 11.3 Å². The lowest BCUT2D eigenvalue weighted by Crippen LogP contribution is -2.36. The molecule has 2 aromatic heterocycles. The van der Waals surface area contributed by atoms with Gasteiger partial charge in [0.25, 0.3) is 0 Å². The molecule has 0 radical (unpaired) electrons. The molecule has 10 heteroatoms. The molecule has 0 bridgehead atoms. The molecule has 0 saturated heterocycles. The summed E-state index contributed by atoms with van der Waals surface area (Å²) >= 11 is 1.15. The maximum absolute atomic E-state index is 13.3. The summed E-state index contributed by atoms with van der Waals surface area (Å²) in [4.78, 5) is 18.9. The number of alkyl halides is 3. The zero-order valence-electron chi connectivity index (χ0n) is 18.0. The number of pyridine rings is 1. The van der Waals surface area contributed by atoms with Gasteiger partial charge in [-0.2, -0.15) is 13.2 Å². The molecule has 1 N–H and O–H groups in total. The lowest BCUT2D eigenvalue weighted by Gasteiger charge is -2.25. The van der Waals surface area contributed by atoms with Gasteiger partial charge in [-0.3, -0.25) is 14.9 Å². The molecule has 170 valence electrons. The minimum atomic E-state index is -4.53. The third-order valence-corrected chi connectivity index (χ3v) is 5.49. The number of quaternary nitrogens is 1. The van der Waals surface area contributed by atoms with Crippen LogP contribution in [0, 0.1) is 0 Å². The predicted octanol–water partition coefficient (Wildman–Crippen LogP) is 4.50. The van der Waals surface area contributed by atoms with Crippen molar-refractivity contribution in [3.05, 3.63) is 59.7 Å². The molecule has 0 saturated carbocycles. The first-order valence-corrected chi connectivity index (χ1v) is 10.8. The van der Waals surface area contributed by atoms with Gasteiger partial charge in [0.05, 0.1) is 50.2 Å². The molecule has 0 spiro atoms. The zero-order chi connectivity index (χ0) is 23.5. The van der Waals surface area contributed by atoms with Gasteiger partial charge in [0.15, 0.2) is 5.13 Å². The number of thiazole rings is 1. The lowest BCUT2D eigenvalue weighted by atomic mass is 10.1. The second-order valence-electron chi connectivity index (χ2n) is 8.38. The van der Waals surface area contributed by atoms with Crippen LogP contribution in [0.5, 0.6) is 0 Å². The average Bonchev–Trinajstić information content (AvgIpc) is 3.16. The summed E-state index contributed by atoms with van der Waals surface area (Å²) in [5, 5.41) is 11.6. The van der Waals surface area contributed by atoms with Gasteiger partial charge in [-0.15, -0.1) is 11.3 Å². The molecule has 3 aromatic rings. The van der Waals surface area contributed by atoms with Gasteiger partial charge in [0.2, 0.25) is 18.3 Å². The summed E-state index contributed by atoms with van der Waals surface area (Å²) in [6, 6.07) is 8.06. The van der Waals surface area contributed by atoms with Crippen molar-refractivity contribution in [1.82, 2.24) is 4.98 Å². The second-order valence-corrected chi connectivity index (χ2v) is 9.22. The summed E-state index contributed by atoms with van der Waals surface area (Å²) < 4.78 is 41.4. The van der Waals surface area contributed by atoms with Crippen LogP contribution in [0.1, 0.15) is 18.4 Å². The smallest absolute Gasteiger partial charge is 0.331 e. The van der Waals surface area contributed by atoms with Crippen LogP contribution in [0.25, 0.3) is 11.3 Å². The van der Waals surface area contributed by atoms with E-state index in [0.717, 1.165) is 34.7 Å². The predicted molar refractivity (Wildman–Crippen MR) is 116 cm³/mol. The Morgan fingerprint density at radius 2 is 1.97 bits per heavy atom. The number of halogens is 3. The maximum Gasteiger partial charge on any atom is 0.416 e. The Morgan fingerprint density at radius 3 is 2.62 bits per heavy atom. The summed E-state index contributed by atoms with van der Waals surface area (Å²) in [6.45, 7) is 0.742. The molecule has 32 heavy (non-hydrogen) atoms. The van der Waals surface area contributed by atoms with Crippen molar-refractivity contribution >= 4 is 28.1 Å². The first-order chi connectivity index (χ1) is 14.9. The van der Waals surface area contributed by atoms with Gasteiger partial charge in [0, 0.05) is 29.0 Å². The number of carbonyl (C=O) groups is 1. The Balaban J connectivity index is 1.97. The highest BCUT2D eigenvalue weighted by molar-refractivity contribution is 7.14. The van der Waals surface area contributed by atoms with E-state index in [1.807, 2.05) is 21.1 Å². The summed E-state index contributed by atoms with van der Waals surface area (Å²) in [7, 11) is 6.03. The van der Waals surface area contributed by atoms with Gasteiger partial charge in [-0.25, -0.2) is 4.98 Å². The van der Waals surface area contributed by atoms with Gasteiger partial charge >= 0.3 is 6.18 Å². The highest BCUT2D eigenvalue weighted by Crippen LogP contribution is 2.36. The van der Waals surface area contributed by atoms with Gasteiger partial charge < -0.3 is 4.48 Å². The molecule has 0 fully saturated rings. The molecule has 0 atom stereocenters. The molecule has 3 rings (SSSR count). The van der Waals surface area contributed by atoms with E-state index >= 15 is 0 Å². The fraction of sp³-hybridized carbons (Fsp3) is 0.318. The monoisotopic (exact) mass is 466 g/mol. The number of anilines is 2. The summed E-state index contributed by atoms with van der Waals surface area (Å²) in [5.74, 6) is -0.330. The second kappa shape index (κ2) is 9.25. The third kappa shape index (κ3) is 6.04. The molecular formula is C22H25F3N4O2S+2. The Morgan fingerprint density at radius 1 is 1.22 bits per heavy atom. The number of hydrogen-bond acceptors (Lipinski definition) is 4. The first kappa shape index (κ1) is 23.7. The van der Waals surface area contributed by atoms with Crippen LogP contribution in [0.15, 0.2) is 54.2 Å². The standard InChI is InChI=1S/C22H25F3N4O2S/c1-29(2,3)12-6-10-20(30)28(18-9-4-8-17(13-18)22(23,24)25)21-26-19(15-32-21)16-7-5-11-27(31)14-16/h4-5,7-9,11,13-15,31H,6,10,12H2,1-3H3/q+2. The van der Waals surface area contributed by atoms with Crippen molar-refractivity contribution in [2.45, 2.75) is 19.0 Å². The quantitative estimate of drug-likeness (QED) is 0.317. The summed E-state index contributed by atoms with van der Waals surface area (Å²) in [5.41, 5.74) is 0.394. The van der Waals surface area contributed by atoms with Gasteiger partial charge in [-0.05, 0) is 24.3 Å². The van der Waals surface area contributed by atoms with E-state index in [9.17, 15) is 23.2 Å². The van der Waals surface area contributed by atoms with E-state index in [1.165, 1.54) is 29.4 Å². The number of carbonyl (C=O) groups excluding carboxylic acids is 1. The highest BCUT2D eigenvalue weighted by Gasteiger charge is 2.32. The average molecular weight is 467 g/mol. The van der Waals surface area contributed by atoms with Crippen molar-refractivity contribution in [2.75, 3.05) is 32.6 Å². The molecule has 0 aliphatic heterocycles. The van der Waals surface area contributed by atoms with Crippen LogP contribution < -0.4 is 9.63 Å². The molecule has 1 amide bonds. The number of rotatable bonds is 7. The van der Waals surface area contributed by atoms with Gasteiger partial charge in [0.1, 0.15) is 0 Å². The van der Waals surface area contributed by atoms with Crippen LogP contribution >= 0.6 is 11.3 Å². The SMILES string of the molecule is C[N+](C)(C)CCCC(=O)N(c1cccc(C(F)(F)F)c1)c1nc(-c2ccc[n+](O)c2)cs1. The Labute approximate surface area is 188 Å². The normalized spacial score (nSPS) is 12.1. The van der Waals surface area contributed by atoms with Crippen molar-refractivity contribution in [1.29, 1.82) is 0 Å². The minimum absolute atomic E-state index is 0.112. The molecule has 0 unspecified atom stereocenters. The first-order valence-electron chi connectivity index (χ1n) is 9.91. The van der Waals surface area contributed by atoms with E-state index < -0.39 is 11.7 Å². The molecule has 6 nitrogen and oxygen atoms in total. The van der Waals surface area contributed by atoms with Crippen LogP contribution in [0.4, 0.5) is 24.0 Å². The molecule has 2 heterocycles. The van der Waals surface area contributed by atoms with Crippen LogP contribution in [-0.4, -0.2) is 48.3 Å². The van der Waals surface area contributed by atoms with Crippen LogP contribution in [-0.2, 0) is 11.0 Å². The number of nitrogens with zero attached hydrogens (tertiary/aromatic N) is 4. The number of benzene rings is 1. The minimum Gasteiger partial charge on any atom is -0.331 e. The molecule has 1 aromatic carbocycles. The number of aromatic nitrogens is 2. The highest BCUT2D eigenvalue weighted by atomic mass is 32.1. The van der Waals surface area contributed by atoms with E-state index in [0.29, 0.717) is 22.2 Å². The van der Waals surface area contributed by atoms with Crippen molar-refractivity contribution in [3.63, 3.8) is 0 Å². The molecule has 0 aliphatic rings. The van der Waals surface area contributed by atoms with E-state index in [2.05, 4.69) is 4.98 Å². The summed E-state index contributed by atoms with van der Waals surface area (Å²) in [6.07, 6.45) is -0.872. The lowest BCUT2D eigenvalue weighted by molar-refractivity contribution is -0.904. The Kier molecular flexibility index (Phi) is 6.85. The van der Waals surface area contributed by atoms with Crippen molar-refractivity contribution in [2.24, 2.45) is 0 Å². The third-order valence-electron chi connectivity index (χ3n) is 4.67. The zero-order valence-corrected chi connectivity index (χ0v) is 18.8. The largest absolute Gasteiger partial charge is 0.416 e. The Bertz CT molecular complexity index is 1090. The Hall–Kier alpha value is -2.98. The van der Waals surface area contributed by atoms with Crippen LogP contribution in [0.3, 0.4) is 0 Å². The number of hydrogen-bond donors (Lipinski definition) is 1. The fourth-order valence-corrected chi connectivity index (χ4v) is 3.98. The number of amides is 1.